The Morgan fingerprint density at radius 1 is 0.852 bits per heavy atom. The van der Waals surface area contributed by atoms with Crippen LogP contribution in [0.2, 0.25) is 0 Å². The summed E-state index contributed by atoms with van der Waals surface area (Å²) in [5.41, 5.74) is 1.83. The van der Waals surface area contributed by atoms with Crippen molar-refractivity contribution in [3.8, 4) is 0 Å². The smallest absolute Gasteiger partial charge is 0.324 e. The molecule has 9 heteroatoms. The van der Waals surface area contributed by atoms with Crippen molar-refractivity contribution in [1.82, 2.24) is 8.77 Å². The largest absolute Gasteiger partial charge is 0.480 e. The summed E-state index contributed by atoms with van der Waals surface area (Å²) in [5.74, 6) is -1.99. The van der Waals surface area contributed by atoms with E-state index in [2.05, 4.69) is 4.84 Å². The van der Waals surface area contributed by atoms with Crippen molar-refractivity contribution in [3.63, 3.8) is 0 Å². The van der Waals surface area contributed by atoms with Gasteiger partial charge in [-0.3, -0.25) is 9.59 Å². The van der Waals surface area contributed by atoms with Crippen molar-refractivity contribution < 1.29 is 19.8 Å². The van der Waals surface area contributed by atoms with Crippen molar-refractivity contribution in [2.45, 2.75) is 24.9 Å². The Bertz CT molecular complexity index is 702. The third-order valence-electron chi connectivity index (χ3n) is 3.50. The minimum absolute atomic E-state index is 0.281. The molecular weight excluding hydrogens is 415 g/mol. The summed E-state index contributed by atoms with van der Waals surface area (Å²) in [6.07, 6.45) is 0.669. The molecule has 6 nitrogen and oxygen atoms in total. The van der Waals surface area contributed by atoms with Gasteiger partial charge in [0.2, 0.25) is 0 Å². The van der Waals surface area contributed by atoms with Crippen molar-refractivity contribution >= 4 is 47.3 Å². The Kier molecular flexibility index (Phi) is 10.8. The Labute approximate surface area is 172 Å². The van der Waals surface area contributed by atoms with Crippen LogP contribution in [0.4, 0.5) is 0 Å². The first-order chi connectivity index (χ1) is 12.8. The van der Waals surface area contributed by atoms with E-state index in [-0.39, 0.29) is 6.42 Å². The highest BCUT2D eigenvalue weighted by Crippen LogP contribution is 2.13. The van der Waals surface area contributed by atoms with Crippen LogP contribution in [0.5, 0.6) is 0 Å². The summed E-state index contributed by atoms with van der Waals surface area (Å²) in [6.45, 7) is 0. The second-order valence-corrected chi connectivity index (χ2v) is 6.61. The summed E-state index contributed by atoms with van der Waals surface area (Å²) in [6, 6.07) is 16.9. The molecule has 0 radical (unpaired) electrons. The minimum Gasteiger partial charge on any atom is -0.480 e. The summed E-state index contributed by atoms with van der Waals surface area (Å²) in [4.78, 5) is 23.5. The molecule has 27 heavy (non-hydrogen) atoms. The Hall–Kier alpha value is -1.83. The fourth-order valence-corrected chi connectivity index (χ4v) is 2.57. The lowest BCUT2D eigenvalue weighted by Gasteiger charge is -2.14. The van der Waals surface area contributed by atoms with E-state index in [0.717, 1.165) is 11.1 Å². The minimum atomic E-state index is -1.04. The van der Waals surface area contributed by atoms with E-state index in [1.807, 2.05) is 60.7 Å². The fraction of sp³-hybridized carbons (Fsp3) is 0.222. The third-order valence-corrected chi connectivity index (χ3v) is 4.24. The number of hydrogen-bond donors (Lipinski definition) is 3. The topological polar surface area (TPSA) is 89.9 Å². The van der Waals surface area contributed by atoms with E-state index in [1.165, 1.54) is 0 Å². The SMILES string of the molecule is O=C(O)C(Cc1ccccc1)N(Cl)Cl.O=C(O)C(Cc1ccccc1)NCl. The zero-order chi connectivity index (χ0) is 20.2. The van der Waals surface area contributed by atoms with Gasteiger partial charge in [-0.25, -0.2) is 4.84 Å². The maximum atomic E-state index is 10.7. The van der Waals surface area contributed by atoms with Gasteiger partial charge >= 0.3 is 11.9 Å². The van der Waals surface area contributed by atoms with Crippen LogP contribution < -0.4 is 4.84 Å². The lowest BCUT2D eigenvalue weighted by Crippen LogP contribution is -2.32. The zero-order valence-electron chi connectivity index (χ0n) is 14.1. The highest BCUT2D eigenvalue weighted by Gasteiger charge is 2.23. The first-order valence-corrected chi connectivity index (χ1v) is 8.91. The van der Waals surface area contributed by atoms with Crippen LogP contribution in [0.15, 0.2) is 60.7 Å². The molecule has 0 saturated heterocycles. The molecule has 2 aromatic carbocycles. The Balaban J connectivity index is 0.000000271. The van der Waals surface area contributed by atoms with Crippen LogP contribution in [0.1, 0.15) is 11.1 Å². The first-order valence-electron chi connectivity index (χ1n) is 7.85. The van der Waals surface area contributed by atoms with Gasteiger partial charge in [-0.15, -0.1) is 3.94 Å². The fourth-order valence-electron chi connectivity index (χ4n) is 2.10. The number of rotatable bonds is 8. The third kappa shape index (κ3) is 9.08. The van der Waals surface area contributed by atoms with E-state index >= 15 is 0 Å². The van der Waals surface area contributed by atoms with Crippen molar-refractivity contribution in [3.05, 3.63) is 71.8 Å². The van der Waals surface area contributed by atoms with Gasteiger partial charge in [0.05, 0.1) is 0 Å². The van der Waals surface area contributed by atoms with Gasteiger partial charge in [0.1, 0.15) is 12.1 Å². The Morgan fingerprint density at radius 3 is 1.63 bits per heavy atom. The predicted octanol–water partition coefficient (Wildman–Crippen LogP) is 3.72. The lowest BCUT2D eigenvalue weighted by atomic mass is 10.1. The normalized spacial score (nSPS) is 12.6. The molecule has 0 aliphatic rings. The van der Waals surface area contributed by atoms with Crippen LogP contribution in [0.3, 0.4) is 0 Å². The molecule has 0 aliphatic heterocycles. The molecule has 3 N–H and O–H groups in total. The summed E-state index contributed by atoms with van der Waals surface area (Å²) < 4.78 is 0.662. The highest BCUT2D eigenvalue weighted by atomic mass is 35.5. The number of aliphatic carboxylic acids is 2. The van der Waals surface area contributed by atoms with Gasteiger partial charge in [0, 0.05) is 6.42 Å². The molecule has 146 valence electrons. The molecule has 2 atom stereocenters. The number of nitrogens with one attached hydrogen (secondary N) is 1. The summed E-state index contributed by atoms with van der Waals surface area (Å²) in [7, 11) is 0. The van der Waals surface area contributed by atoms with E-state index in [1.54, 1.807) is 0 Å². The van der Waals surface area contributed by atoms with Gasteiger partial charge in [-0.2, -0.15) is 0 Å². The number of carboxylic acid groups (broad SMARTS) is 2. The number of halogens is 3. The van der Waals surface area contributed by atoms with Gasteiger partial charge in [-0.1, -0.05) is 60.7 Å². The molecule has 0 fully saturated rings. The molecular formula is C18H19Cl3N2O4. The lowest BCUT2D eigenvalue weighted by molar-refractivity contribution is -0.140. The second-order valence-electron chi connectivity index (χ2n) is 5.49. The molecule has 0 aliphatic carbocycles. The molecule has 0 aromatic heterocycles. The summed E-state index contributed by atoms with van der Waals surface area (Å²) in [5, 5.41) is 17.5. The van der Waals surface area contributed by atoms with Crippen molar-refractivity contribution in [1.29, 1.82) is 0 Å². The quantitative estimate of drug-likeness (QED) is 0.550. The average Bonchev–Trinajstić information content (AvgIpc) is 2.65. The van der Waals surface area contributed by atoms with E-state index in [4.69, 9.17) is 45.5 Å². The first kappa shape index (κ1) is 23.2. The number of hydrogen-bond acceptors (Lipinski definition) is 4. The number of carboxylic acids is 2. The number of benzene rings is 2. The molecule has 2 unspecified atom stereocenters. The molecule has 0 saturated carbocycles. The van der Waals surface area contributed by atoms with E-state index in [9.17, 15) is 9.59 Å². The van der Waals surface area contributed by atoms with Crippen LogP contribution in [-0.4, -0.2) is 38.2 Å². The van der Waals surface area contributed by atoms with Crippen LogP contribution >= 0.6 is 35.3 Å². The average molecular weight is 434 g/mol. The maximum Gasteiger partial charge on any atom is 0.324 e. The molecule has 2 aromatic rings. The molecule has 0 amide bonds. The van der Waals surface area contributed by atoms with Crippen LogP contribution in [0, 0.1) is 0 Å². The highest BCUT2D eigenvalue weighted by molar-refractivity contribution is 6.34. The van der Waals surface area contributed by atoms with E-state index < -0.39 is 24.0 Å². The number of nitrogens with zero attached hydrogens (tertiary/aromatic N) is 1. The second kappa shape index (κ2) is 12.5. The maximum absolute atomic E-state index is 10.7. The molecule has 0 spiro atoms. The molecule has 0 heterocycles. The van der Waals surface area contributed by atoms with Crippen LogP contribution in [0.25, 0.3) is 0 Å². The van der Waals surface area contributed by atoms with E-state index in [0.29, 0.717) is 10.4 Å². The van der Waals surface area contributed by atoms with Gasteiger partial charge in [0.25, 0.3) is 0 Å². The standard InChI is InChI=1S/C9H9Cl2NO2.C9H10ClNO2/c10-12(11)8(9(13)14)6-7-4-2-1-3-5-7;10-11-8(9(12)13)6-7-4-2-1-3-5-7/h1-5,8H,6H2,(H,13,14);1-5,8,11H,6H2,(H,12,13). The Morgan fingerprint density at radius 2 is 1.30 bits per heavy atom. The number of carbonyl (C=O) groups is 2. The van der Waals surface area contributed by atoms with Gasteiger partial charge < -0.3 is 10.2 Å². The molecule has 0 bridgehead atoms. The molecule has 2 rings (SSSR count). The van der Waals surface area contributed by atoms with Gasteiger partial charge in [0.15, 0.2) is 0 Å². The summed E-state index contributed by atoms with van der Waals surface area (Å²) >= 11 is 16.1. The van der Waals surface area contributed by atoms with Crippen molar-refractivity contribution in [2.75, 3.05) is 0 Å². The van der Waals surface area contributed by atoms with Crippen LogP contribution in [-0.2, 0) is 22.4 Å². The van der Waals surface area contributed by atoms with Crippen molar-refractivity contribution in [2.24, 2.45) is 0 Å². The zero-order valence-corrected chi connectivity index (χ0v) is 16.4. The predicted molar refractivity (Wildman–Crippen MR) is 106 cm³/mol. The van der Waals surface area contributed by atoms with Gasteiger partial charge in [-0.05, 0) is 52.9 Å². The monoisotopic (exact) mass is 432 g/mol.